The van der Waals surface area contributed by atoms with Crippen molar-refractivity contribution in [2.45, 2.75) is 32.2 Å². The van der Waals surface area contributed by atoms with Crippen molar-refractivity contribution < 1.29 is 20.7 Å². The molecular weight excluding hydrogens is 447 g/mol. The van der Waals surface area contributed by atoms with Crippen LogP contribution >= 0.6 is 11.6 Å². The molecule has 33 heavy (non-hydrogen) atoms. The number of benzene rings is 1. The minimum atomic E-state index is -3.06. The molecule has 3 atom stereocenters. The van der Waals surface area contributed by atoms with E-state index in [-0.39, 0.29) is 34.6 Å². The second-order valence-corrected chi connectivity index (χ2v) is 8.56. The average Bonchev–Trinajstić information content (AvgIpc) is 3.36. The summed E-state index contributed by atoms with van der Waals surface area (Å²) in [5.41, 5.74) is 1.02. The van der Waals surface area contributed by atoms with E-state index in [1.165, 1.54) is 12.1 Å². The molecule has 1 saturated heterocycles. The molecule has 2 aromatic heterocycles. The Morgan fingerprint density at radius 3 is 2.82 bits per heavy atom. The Balaban J connectivity index is 1.39. The number of hydrogen-bond acceptors (Lipinski definition) is 7. The van der Waals surface area contributed by atoms with E-state index < -0.39 is 25.2 Å². The summed E-state index contributed by atoms with van der Waals surface area (Å²) in [5.74, 6) is 0.483. The summed E-state index contributed by atoms with van der Waals surface area (Å²) in [6, 6.07) is 7.00. The number of pyridine rings is 1. The van der Waals surface area contributed by atoms with Gasteiger partial charge in [0.1, 0.15) is 11.6 Å². The molecule has 1 aliphatic carbocycles. The number of hydrogen-bond donors (Lipinski definition) is 1. The minimum Gasteiger partial charge on any atom is -0.481 e. The van der Waals surface area contributed by atoms with Gasteiger partial charge in [0.05, 0.1) is 14.9 Å². The van der Waals surface area contributed by atoms with Crippen LogP contribution in [0.2, 0.25) is 5.02 Å². The molecule has 2 bridgehead atoms. The summed E-state index contributed by atoms with van der Waals surface area (Å²) in [5, 5.41) is 7.26. The van der Waals surface area contributed by atoms with Crippen LogP contribution in [0.1, 0.15) is 26.5 Å². The first-order chi connectivity index (χ1) is 18.0. The number of halogens is 2. The van der Waals surface area contributed by atoms with Crippen LogP contribution < -0.4 is 19.7 Å². The summed E-state index contributed by atoms with van der Waals surface area (Å²) in [7, 11) is 1.58. The number of fused-ring (bicyclic) bond motifs is 2. The highest BCUT2D eigenvalue weighted by Crippen LogP contribution is 2.40. The second-order valence-electron chi connectivity index (χ2n) is 8.15. The van der Waals surface area contributed by atoms with Crippen LogP contribution in [0.3, 0.4) is 0 Å². The van der Waals surface area contributed by atoms with Crippen molar-refractivity contribution in [3.05, 3.63) is 47.4 Å². The maximum absolute atomic E-state index is 13.6. The highest BCUT2D eigenvalue weighted by molar-refractivity contribution is 6.30. The van der Waals surface area contributed by atoms with E-state index in [4.69, 9.17) is 27.9 Å². The minimum absolute atomic E-state index is 0.00224. The van der Waals surface area contributed by atoms with E-state index in [0.717, 1.165) is 37.7 Å². The van der Waals surface area contributed by atoms with Gasteiger partial charge in [0, 0.05) is 53.8 Å². The van der Waals surface area contributed by atoms with Gasteiger partial charge in [0.2, 0.25) is 11.8 Å². The molecule has 3 heterocycles. The number of methoxy groups -OCH3 is 1. The Labute approximate surface area is 203 Å². The Hall–Kier alpha value is -3.07. The third-order valence-electron chi connectivity index (χ3n) is 6.21. The van der Waals surface area contributed by atoms with Crippen molar-refractivity contribution in [1.82, 2.24) is 19.7 Å². The summed E-state index contributed by atoms with van der Waals surface area (Å²) in [6.45, 7) is -4.44. The van der Waals surface area contributed by atoms with Crippen molar-refractivity contribution in [2.75, 3.05) is 30.4 Å². The van der Waals surface area contributed by atoms with Gasteiger partial charge in [-0.2, -0.15) is 4.98 Å². The van der Waals surface area contributed by atoms with Crippen molar-refractivity contribution >= 4 is 23.2 Å². The number of nitrogens with zero attached hydrogens (tertiary/aromatic N) is 5. The third-order valence-corrected chi connectivity index (χ3v) is 6.50. The zero-order valence-corrected chi connectivity index (χ0v) is 18.6. The molecule has 1 aliphatic heterocycles. The van der Waals surface area contributed by atoms with Gasteiger partial charge in [0.15, 0.2) is 0 Å². The summed E-state index contributed by atoms with van der Waals surface area (Å²) in [4.78, 5) is 10.7. The molecule has 5 rings (SSSR count). The number of nitrogens with one attached hydrogen (secondary N) is 1. The zero-order valence-electron chi connectivity index (χ0n) is 22.8. The van der Waals surface area contributed by atoms with Gasteiger partial charge < -0.3 is 19.7 Å². The fourth-order valence-electron chi connectivity index (χ4n) is 4.67. The average molecular weight is 478 g/mol. The molecule has 1 N–H and O–H groups in total. The first kappa shape index (κ1) is 16.5. The maximum Gasteiger partial charge on any atom is 0.322 e. The van der Waals surface area contributed by atoms with E-state index in [1.54, 1.807) is 13.3 Å². The molecule has 0 amide bonds. The first-order valence-electron chi connectivity index (χ1n) is 13.1. The second kappa shape index (κ2) is 9.05. The predicted molar refractivity (Wildman–Crippen MR) is 124 cm³/mol. The van der Waals surface area contributed by atoms with Crippen molar-refractivity contribution in [2.24, 2.45) is 11.8 Å². The molecule has 2 fully saturated rings. The molecule has 1 aromatic carbocycles. The van der Waals surface area contributed by atoms with Gasteiger partial charge in [-0.25, -0.2) is 14.1 Å². The van der Waals surface area contributed by atoms with E-state index in [2.05, 4.69) is 25.3 Å². The fourth-order valence-corrected chi connectivity index (χ4v) is 4.84. The summed E-state index contributed by atoms with van der Waals surface area (Å²) in [6.07, 6.45) is 3.68. The van der Waals surface area contributed by atoms with Crippen LogP contribution in [0, 0.1) is 17.7 Å². The summed E-state index contributed by atoms with van der Waals surface area (Å²) < 4.78 is 64.6. The third kappa shape index (κ3) is 4.42. The van der Waals surface area contributed by atoms with Gasteiger partial charge in [0.25, 0.3) is 0 Å². The number of rotatable bonds is 7. The first-order valence-corrected chi connectivity index (χ1v) is 11.0. The molecule has 0 spiro atoms. The predicted octanol–water partition coefficient (Wildman–Crippen LogP) is 4.61. The van der Waals surface area contributed by atoms with Crippen molar-refractivity contribution in [1.29, 1.82) is 0 Å². The highest BCUT2D eigenvalue weighted by Gasteiger charge is 2.42. The van der Waals surface area contributed by atoms with E-state index >= 15 is 0 Å². The number of ether oxygens (including phenoxy) is 2. The molecule has 174 valence electrons. The van der Waals surface area contributed by atoms with Gasteiger partial charge in [-0.3, -0.25) is 0 Å². The lowest BCUT2D eigenvalue weighted by Crippen LogP contribution is -2.48. The zero-order chi connectivity index (χ0) is 27.2. The molecule has 3 aromatic rings. The number of aryl methyl sites for hydroxylation is 1. The van der Waals surface area contributed by atoms with Crippen molar-refractivity contribution in [3.8, 4) is 17.6 Å². The lowest BCUT2D eigenvalue weighted by molar-refractivity contribution is 0.374. The molecular formula is C23H26ClFN6O2. The number of anilines is 2. The topological polar surface area (TPSA) is 77.3 Å². The lowest BCUT2D eigenvalue weighted by Gasteiger charge is -2.39. The van der Waals surface area contributed by atoms with Gasteiger partial charge >= 0.3 is 6.01 Å². The van der Waals surface area contributed by atoms with Crippen LogP contribution in [0.15, 0.2) is 36.5 Å². The number of aromatic nitrogens is 4. The van der Waals surface area contributed by atoms with Crippen LogP contribution in [0.4, 0.5) is 16.0 Å². The van der Waals surface area contributed by atoms with Gasteiger partial charge in [-0.05, 0) is 49.7 Å². The van der Waals surface area contributed by atoms with E-state index in [1.807, 2.05) is 12.1 Å². The number of piperidine rings is 1. The summed E-state index contributed by atoms with van der Waals surface area (Å²) >= 11 is 5.84. The molecule has 2 aliphatic rings. The van der Waals surface area contributed by atoms with Gasteiger partial charge in [-0.15, -0.1) is 5.10 Å². The Bertz CT molecular complexity index is 1310. The van der Waals surface area contributed by atoms with Crippen LogP contribution in [-0.4, -0.2) is 46.0 Å². The largest absolute Gasteiger partial charge is 0.481 e. The quantitative estimate of drug-likeness (QED) is 0.532. The van der Waals surface area contributed by atoms with Crippen LogP contribution in [-0.2, 0) is 6.50 Å². The standard InChI is InChI=1S/C23H26ClFN6O2/c1-3-31-23(33-17-6-7-19(25)18(24)11-17)28-22(29-31)27-21-14-4-5-15(21)13-30(12-14)16-8-9-26-20(10-16)32-2/h6-11,14-15,21H,3-5,12-13H2,1-2H3,(H,27,29)/t14-,15+,21?/i1D3,3D2. The van der Waals surface area contributed by atoms with Crippen molar-refractivity contribution in [3.63, 3.8) is 0 Å². The Morgan fingerprint density at radius 2 is 2.09 bits per heavy atom. The maximum atomic E-state index is 13.6. The lowest BCUT2D eigenvalue weighted by atomic mass is 9.92. The smallest absolute Gasteiger partial charge is 0.322 e. The van der Waals surface area contributed by atoms with E-state index in [9.17, 15) is 4.39 Å². The normalized spacial score (nSPS) is 24.9. The molecule has 10 heteroatoms. The van der Waals surface area contributed by atoms with Crippen LogP contribution in [0.5, 0.6) is 17.6 Å². The Kier molecular flexibility index (Phi) is 4.53. The fraction of sp³-hybridized carbons (Fsp3) is 0.435. The van der Waals surface area contributed by atoms with Gasteiger partial charge in [-0.1, -0.05) is 11.6 Å². The Morgan fingerprint density at radius 1 is 1.27 bits per heavy atom. The van der Waals surface area contributed by atoms with E-state index in [0.29, 0.717) is 10.6 Å². The monoisotopic (exact) mass is 477 g/mol. The van der Waals surface area contributed by atoms with Crippen LogP contribution in [0.25, 0.3) is 0 Å². The molecule has 1 saturated carbocycles. The molecule has 8 nitrogen and oxygen atoms in total. The SMILES string of the molecule is [2H]C([2H])([2H])C([2H])([2H])n1nc(NC2[C@@H]3CC[C@H]2CN(c2ccnc(OC)c2)C3)nc1Oc1ccc(F)c(Cl)c1. The molecule has 1 unspecified atom stereocenters. The molecule has 0 radical (unpaired) electrons. The highest BCUT2D eigenvalue weighted by atomic mass is 35.5.